The number of carbonyl (C=O) groups is 2. The van der Waals surface area contributed by atoms with E-state index in [1.54, 1.807) is 0 Å². The molecule has 2 unspecified atom stereocenters. The molecule has 3 heterocycles. The number of pyridine rings is 1. The summed E-state index contributed by atoms with van der Waals surface area (Å²) in [6.07, 6.45) is -1.86. The summed E-state index contributed by atoms with van der Waals surface area (Å²) in [5.74, 6) is -1.38. The number of amides is 1. The number of ketones is 1. The van der Waals surface area contributed by atoms with Crippen LogP contribution in [0.2, 0.25) is 0 Å². The molecule has 28 heavy (non-hydrogen) atoms. The van der Waals surface area contributed by atoms with E-state index in [0.29, 0.717) is 18.7 Å². The number of fused-ring (bicyclic) bond motifs is 2. The van der Waals surface area contributed by atoms with Gasteiger partial charge in [-0.1, -0.05) is 0 Å². The van der Waals surface area contributed by atoms with E-state index >= 15 is 0 Å². The third-order valence-corrected chi connectivity index (χ3v) is 5.53. The standard InChI is InChI=1S/C19H24F3N3O3/c1-18(2,3)25(17(27)28)14-8-12-5-6-13(9-14)24(12)15-7-4-11(10-23-15)16(26)19(20,21)22/h4,7,10,12-14H,5-6,8-9H2,1-3H3,(H,27,28). The van der Waals surface area contributed by atoms with Crippen LogP contribution in [-0.4, -0.2) is 56.7 Å². The molecule has 2 atom stereocenters. The minimum absolute atomic E-state index is 0.0737. The highest BCUT2D eigenvalue weighted by Gasteiger charge is 2.46. The first kappa shape index (κ1) is 20.4. The van der Waals surface area contributed by atoms with Crippen molar-refractivity contribution in [3.63, 3.8) is 0 Å². The average molecular weight is 399 g/mol. The molecule has 0 spiro atoms. The van der Waals surface area contributed by atoms with Gasteiger partial charge in [-0.3, -0.25) is 4.79 Å². The Morgan fingerprint density at radius 3 is 2.11 bits per heavy atom. The molecular formula is C19H24F3N3O3. The molecule has 6 nitrogen and oxygen atoms in total. The predicted octanol–water partition coefficient (Wildman–Crippen LogP) is 4.10. The highest BCUT2D eigenvalue weighted by Crippen LogP contribution is 2.41. The third kappa shape index (κ3) is 3.79. The Balaban J connectivity index is 1.78. The Hall–Kier alpha value is -2.32. The number of carbonyl (C=O) groups excluding carboxylic acids is 1. The van der Waals surface area contributed by atoms with Crippen LogP contribution >= 0.6 is 0 Å². The van der Waals surface area contributed by atoms with Crippen molar-refractivity contribution in [3.8, 4) is 0 Å². The maximum Gasteiger partial charge on any atom is 0.454 e. The van der Waals surface area contributed by atoms with Crippen molar-refractivity contribution in [2.75, 3.05) is 4.90 Å². The maximum absolute atomic E-state index is 12.6. The van der Waals surface area contributed by atoms with E-state index < -0.39 is 29.2 Å². The quantitative estimate of drug-likeness (QED) is 0.775. The Labute approximate surface area is 161 Å². The lowest BCUT2D eigenvalue weighted by atomic mass is 9.92. The van der Waals surface area contributed by atoms with Crippen molar-refractivity contribution >= 4 is 17.7 Å². The molecule has 154 valence electrons. The molecule has 1 aromatic heterocycles. The molecule has 1 aromatic rings. The number of halogens is 3. The van der Waals surface area contributed by atoms with Crippen molar-refractivity contribution in [1.82, 2.24) is 9.88 Å². The van der Waals surface area contributed by atoms with Crippen LogP contribution in [0.4, 0.5) is 23.8 Å². The molecule has 0 aromatic carbocycles. The van der Waals surface area contributed by atoms with Gasteiger partial charge in [-0.2, -0.15) is 13.2 Å². The van der Waals surface area contributed by atoms with Crippen LogP contribution in [-0.2, 0) is 0 Å². The summed E-state index contributed by atoms with van der Waals surface area (Å²) in [5.41, 5.74) is -1.00. The topological polar surface area (TPSA) is 73.7 Å². The van der Waals surface area contributed by atoms with Crippen LogP contribution in [0.15, 0.2) is 18.3 Å². The smallest absolute Gasteiger partial charge is 0.454 e. The van der Waals surface area contributed by atoms with Gasteiger partial charge >= 0.3 is 12.3 Å². The maximum atomic E-state index is 12.6. The molecule has 0 radical (unpaired) electrons. The van der Waals surface area contributed by atoms with Crippen molar-refractivity contribution in [2.24, 2.45) is 0 Å². The summed E-state index contributed by atoms with van der Waals surface area (Å²) in [6.45, 7) is 5.61. The monoisotopic (exact) mass is 399 g/mol. The fourth-order valence-corrected chi connectivity index (χ4v) is 4.56. The fraction of sp³-hybridized carbons (Fsp3) is 0.632. The predicted molar refractivity (Wildman–Crippen MR) is 96.6 cm³/mol. The molecule has 0 aliphatic carbocycles. The second-order valence-electron chi connectivity index (χ2n) is 8.47. The SMILES string of the molecule is CC(C)(C)N(C(=O)O)C1CC2CCC(C1)N2c1ccc(C(=O)C(F)(F)F)cn1. The number of hydrogen-bond acceptors (Lipinski definition) is 4. The zero-order chi connectivity index (χ0) is 20.9. The van der Waals surface area contributed by atoms with Crippen LogP contribution in [0.1, 0.15) is 56.8 Å². The molecule has 2 aliphatic rings. The van der Waals surface area contributed by atoms with Gasteiger partial charge in [0.15, 0.2) is 0 Å². The molecule has 1 amide bonds. The summed E-state index contributed by atoms with van der Waals surface area (Å²) >= 11 is 0. The minimum atomic E-state index is -4.92. The molecule has 9 heteroatoms. The fourth-order valence-electron chi connectivity index (χ4n) is 4.56. The average Bonchev–Trinajstić information content (AvgIpc) is 2.82. The van der Waals surface area contributed by atoms with E-state index in [4.69, 9.17) is 0 Å². The molecule has 3 rings (SSSR count). The summed E-state index contributed by atoms with van der Waals surface area (Å²) in [6, 6.07) is 2.64. The lowest BCUT2D eigenvalue weighted by Crippen LogP contribution is -2.57. The van der Waals surface area contributed by atoms with Crippen LogP contribution in [0.25, 0.3) is 0 Å². The lowest BCUT2D eigenvalue weighted by molar-refractivity contribution is -0.0885. The largest absolute Gasteiger partial charge is 0.465 e. The van der Waals surface area contributed by atoms with Gasteiger partial charge in [0.2, 0.25) is 0 Å². The van der Waals surface area contributed by atoms with Gasteiger partial charge in [0.05, 0.1) is 0 Å². The summed E-state index contributed by atoms with van der Waals surface area (Å²) in [7, 11) is 0. The van der Waals surface area contributed by atoms with Gasteiger partial charge in [-0.25, -0.2) is 9.78 Å². The van der Waals surface area contributed by atoms with Gasteiger partial charge in [0.25, 0.3) is 5.78 Å². The van der Waals surface area contributed by atoms with Gasteiger partial charge in [0, 0.05) is 35.4 Å². The van der Waals surface area contributed by atoms with Crippen LogP contribution in [0.3, 0.4) is 0 Å². The number of Topliss-reactive ketones (excluding diaryl/α,β-unsaturated/α-hetero) is 1. The van der Waals surface area contributed by atoms with E-state index in [1.165, 1.54) is 11.0 Å². The lowest BCUT2D eigenvalue weighted by Gasteiger charge is -2.47. The van der Waals surface area contributed by atoms with Crippen LogP contribution in [0, 0.1) is 0 Å². The van der Waals surface area contributed by atoms with Crippen molar-refractivity contribution < 1.29 is 27.9 Å². The number of piperidine rings is 1. The highest BCUT2D eigenvalue weighted by atomic mass is 19.4. The Bertz CT molecular complexity index is 744. The van der Waals surface area contributed by atoms with E-state index in [0.717, 1.165) is 25.1 Å². The molecule has 2 bridgehead atoms. The second kappa shape index (κ2) is 6.93. The second-order valence-corrected chi connectivity index (χ2v) is 8.47. The Kier molecular flexibility index (Phi) is 5.05. The molecule has 0 saturated carbocycles. The van der Waals surface area contributed by atoms with Crippen LogP contribution < -0.4 is 4.90 Å². The Morgan fingerprint density at radius 2 is 1.71 bits per heavy atom. The molecular weight excluding hydrogens is 375 g/mol. The number of rotatable bonds is 3. The molecule has 2 fully saturated rings. The minimum Gasteiger partial charge on any atom is -0.465 e. The number of alkyl halides is 3. The summed E-state index contributed by atoms with van der Waals surface area (Å²) in [5, 5.41) is 9.66. The van der Waals surface area contributed by atoms with Crippen molar-refractivity contribution in [3.05, 3.63) is 23.9 Å². The normalized spacial score (nSPS) is 24.9. The van der Waals surface area contributed by atoms with Crippen molar-refractivity contribution in [2.45, 2.75) is 76.3 Å². The van der Waals surface area contributed by atoms with E-state index in [9.17, 15) is 27.9 Å². The zero-order valence-corrected chi connectivity index (χ0v) is 16.0. The summed E-state index contributed by atoms with van der Waals surface area (Å²) < 4.78 is 37.7. The first-order valence-electron chi connectivity index (χ1n) is 9.27. The number of nitrogens with zero attached hydrogens (tertiary/aromatic N) is 3. The molecule has 2 saturated heterocycles. The number of aromatic nitrogens is 1. The van der Waals surface area contributed by atoms with Gasteiger partial charge in [0.1, 0.15) is 5.82 Å². The molecule has 2 aliphatic heterocycles. The van der Waals surface area contributed by atoms with Crippen LogP contribution in [0.5, 0.6) is 0 Å². The highest BCUT2D eigenvalue weighted by molar-refractivity contribution is 6.00. The molecule has 1 N–H and O–H groups in total. The summed E-state index contributed by atoms with van der Waals surface area (Å²) in [4.78, 5) is 30.8. The third-order valence-electron chi connectivity index (χ3n) is 5.53. The first-order chi connectivity index (χ1) is 12.9. The number of anilines is 1. The zero-order valence-electron chi connectivity index (χ0n) is 16.0. The van der Waals surface area contributed by atoms with E-state index in [1.807, 2.05) is 20.8 Å². The van der Waals surface area contributed by atoms with Gasteiger partial charge in [-0.15, -0.1) is 0 Å². The van der Waals surface area contributed by atoms with Crippen molar-refractivity contribution in [1.29, 1.82) is 0 Å². The first-order valence-corrected chi connectivity index (χ1v) is 9.27. The number of carboxylic acid groups (broad SMARTS) is 1. The van der Waals surface area contributed by atoms with E-state index in [-0.39, 0.29) is 18.1 Å². The van der Waals surface area contributed by atoms with Gasteiger partial charge in [-0.05, 0) is 58.6 Å². The van der Waals surface area contributed by atoms with Gasteiger partial charge < -0.3 is 14.9 Å². The van der Waals surface area contributed by atoms with E-state index in [2.05, 4.69) is 9.88 Å². The Morgan fingerprint density at radius 1 is 1.14 bits per heavy atom. The number of hydrogen-bond donors (Lipinski definition) is 1.